The van der Waals surface area contributed by atoms with Gasteiger partial charge in [0.05, 0.1) is 12.1 Å². The number of hydrogen-bond donors (Lipinski definition) is 3. The molecule has 0 aromatic carbocycles. The third-order valence-electron chi connectivity index (χ3n) is 2.95. The van der Waals surface area contributed by atoms with Crippen LogP contribution in [0.5, 0.6) is 0 Å². The summed E-state index contributed by atoms with van der Waals surface area (Å²) in [6.07, 6.45) is 3.34. The molecule has 0 bridgehead atoms. The van der Waals surface area contributed by atoms with E-state index in [4.69, 9.17) is 10.8 Å². The van der Waals surface area contributed by atoms with Gasteiger partial charge in [0.2, 0.25) is 5.91 Å². The van der Waals surface area contributed by atoms with Crippen LogP contribution in [-0.4, -0.2) is 29.7 Å². The first-order valence-electron chi connectivity index (χ1n) is 5.24. The van der Waals surface area contributed by atoms with Gasteiger partial charge in [0.15, 0.2) is 0 Å². The second-order valence-corrected chi connectivity index (χ2v) is 4.39. The number of hydrogen-bond acceptors (Lipinski definition) is 3. The highest BCUT2D eigenvalue weighted by molar-refractivity contribution is 5.77. The summed E-state index contributed by atoms with van der Waals surface area (Å²) in [5, 5.41) is 12.0. The van der Waals surface area contributed by atoms with Crippen molar-refractivity contribution < 1.29 is 9.90 Å². The first-order chi connectivity index (χ1) is 6.62. The molecule has 0 heterocycles. The van der Waals surface area contributed by atoms with Crippen LogP contribution in [0.4, 0.5) is 0 Å². The van der Waals surface area contributed by atoms with Crippen molar-refractivity contribution in [3.63, 3.8) is 0 Å². The maximum absolute atomic E-state index is 11.5. The molecule has 1 saturated carbocycles. The lowest BCUT2D eigenvalue weighted by Crippen LogP contribution is -2.56. The number of nitrogens with two attached hydrogens (primary N) is 1. The standard InChI is InChI=1S/C10H20N2O2/c1-8(6-11)5-9(14)12-10(7-13)3-2-4-10/h8,13H,2-7,11H2,1H3,(H,12,14). The summed E-state index contributed by atoms with van der Waals surface area (Å²) in [7, 11) is 0. The summed E-state index contributed by atoms with van der Waals surface area (Å²) < 4.78 is 0. The minimum atomic E-state index is -0.314. The van der Waals surface area contributed by atoms with Gasteiger partial charge in [-0.25, -0.2) is 0 Å². The third kappa shape index (κ3) is 2.69. The van der Waals surface area contributed by atoms with Gasteiger partial charge >= 0.3 is 0 Å². The van der Waals surface area contributed by atoms with E-state index >= 15 is 0 Å². The number of carbonyl (C=O) groups excluding carboxylic acids is 1. The topological polar surface area (TPSA) is 75.4 Å². The van der Waals surface area contributed by atoms with Gasteiger partial charge in [0.25, 0.3) is 0 Å². The predicted molar refractivity (Wildman–Crippen MR) is 54.6 cm³/mol. The van der Waals surface area contributed by atoms with E-state index in [1.165, 1.54) is 0 Å². The number of amides is 1. The van der Waals surface area contributed by atoms with Crippen molar-refractivity contribution in [1.82, 2.24) is 5.32 Å². The molecule has 0 radical (unpaired) electrons. The van der Waals surface area contributed by atoms with E-state index in [9.17, 15) is 4.79 Å². The Hall–Kier alpha value is -0.610. The number of rotatable bonds is 5. The predicted octanol–water partition coefficient (Wildman–Crippen LogP) is 0.00250. The monoisotopic (exact) mass is 200 g/mol. The van der Waals surface area contributed by atoms with Crippen molar-refractivity contribution in [2.45, 2.75) is 38.1 Å². The van der Waals surface area contributed by atoms with Gasteiger partial charge in [-0.2, -0.15) is 0 Å². The van der Waals surface area contributed by atoms with Crippen molar-refractivity contribution in [1.29, 1.82) is 0 Å². The quantitative estimate of drug-likeness (QED) is 0.585. The van der Waals surface area contributed by atoms with Gasteiger partial charge in [-0.1, -0.05) is 6.92 Å². The Labute approximate surface area is 84.9 Å². The average Bonchev–Trinajstić information content (AvgIpc) is 2.11. The first-order valence-corrected chi connectivity index (χ1v) is 5.24. The highest BCUT2D eigenvalue weighted by atomic mass is 16.3. The molecule has 1 amide bonds. The lowest BCUT2D eigenvalue weighted by atomic mass is 9.77. The summed E-state index contributed by atoms with van der Waals surface area (Å²) in [5.74, 6) is 0.225. The SMILES string of the molecule is CC(CN)CC(=O)NC1(CO)CCC1. The highest BCUT2D eigenvalue weighted by Gasteiger charge is 2.37. The lowest BCUT2D eigenvalue weighted by Gasteiger charge is -2.41. The van der Waals surface area contributed by atoms with Crippen LogP contribution >= 0.6 is 0 Å². The Morgan fingerprint density at radius 1 is 1.64 bits per heavy atom. The van der Waals surface area contributed by atoms with E-state index in [1.807, 2.05) is 6.92 Å². The van der Waals surface area contributed by atoms with Gasteiger partial charge < -0.3 is 16.2 Å². The molecule has 82 valence electrons. The van der Waals surface area contributed by atoms with Crippen LogP contribution in [0.25, 0.3) is 0 Å². The van der Waals surface area contributed by atoms with Gasteiger partial charge in [-0.3, -0.25) is 4.79 Å². The molecule has 14 heavy (non-hydrogen) atoms. The van der Waals surface area contributed by atoms with Crippen LogP contribution in [0.2, 0.25) is 0 Å². The molecule has 0 aromatic heterocycles. The molecule has 1 rings (SSSR count). The molecule has 0 saturated heterocycles. The Kier molecular flexibility index (Phi) is 3.89. The number of aliphatic hydroxyl groups excluding tert-OH is 1. The van der Waals surface area contributed by atoms with E-state index in [2.05, 4.69) is 5.32 Å². The molecular formula is C10H20N2O2. The zero-order chi connectivity index (χ0) is 10.6. The van der Waals surface area contributed by atoms with Crippen LogP contribution in [-0.2, 0) is 4.79 Å². The molecule has 0 aliphatic heterocycles. The van der Waals surface area contributed by atoms with Crippen molar-refractivity contribution in [3.8, 4) is 0 Å². The molecule has 4 heteroatoms. The normalized spacial score (nSPS) is 21.1. The van der Waals surface area contributed by atoms with Crippen LogP contribution in [0, 0.1) is 5.92 Å². The van der Waals surface area contributed by atoms with Crippen molar-refractivity contribution >= 4 is 5.91 Å². The average molecular weight is 200 g/mol. The minimum Gasteiger partial charge on any atom is -0.394 e. The van der Waals surface area contributed by atoms with Crippen LogP contribution in [0.15, 0.2) is 0 Å². The Bertz CT molecular complexity index is 197. The number of carbonyl (C=O) groups is 1. The Balaban J connectivity index is 2.32. The molecule has 1 fully saturated rings. The smallest absolute Gasteiger partial charge is 0.220 e. The molecule has 4 N–H and O–H groups in total. The van der Waals surface area contributed by atoms with Crippen LogP contribution < -0.4 is 11.1 Å². The first kappa shape index (κ1) is 11.5. The molecule has 0 aromatic rings. The molecule has 4 nitrogen and oxygen atoms in total. The van der Waals surface area contributed by atoms with Gasteiger partial charge in [0.1, 0.15) is 0 Å². The maximum atomic E-state index is 11.5. The molecule has 1 unspecified atom stereocenters. The lowest BCUT2D eigenvalue weighted by molar-refractivity contribution is -0.125. The maximum Gasteiger partial charge on any atom is 0.220 e. The number of nitrogens with one attached hydrogen (secondary N) is 1. The van der Waals surface area contributed by atoms with Crippen molar-refractivity contribution in [3.05, 3.63) is 0 Å². The van der Waals surface area contributed by atoms with Crippen LogP contribution in [0.1, 0.15) is 32.6 Å². The molecular weight excluding hydrogens is 180 g/mol. The van der Waals surface area contributed by atoms with Crippen molar-refractivity contribution in [2.75, 3.05) is 13.2 Å². The number of aliphatic hydroxyl groups is 1. The largest absolute Gasteiger partial charge is 0.394 e. The Morgan fingerprint density at radius 2 is 2.29 bits per heavy atom. The van der Waals surface area contributed by atoms with E-state index < -0.39 is 0 Å². The van der Waals surface area contributed by atoms with Gasteiger partial charge in [-0.05, 0) is 31.7 Å². The fourth-order valence-electron chi connectivity index (χ4n) is 1.67. The van der Waals surface area contributed by atoms with Crippen molar-refractivity contribution in [2.24, 2.45) is 11.7 Å². The molecule has 1 aliphatic rings. The second kappa shape index (κ2) is 4.75. The molecule has 1 atom stereocenters. The third-order valence-corrected chi connectivity index (χ3v) is 2.95. The zero-order valence-corrected chi connectivity index (χ0v) is 8.75. The Morgan fingerprint density at radius 3 is 2.64 bits per heavy atom. The zero-order valence-electron chi connectivity index (χ0n) is 8.75. The van der Waals surface area contributed by atoms with Crippen LogP contribution in [0.3, 0.4) is 0 Å². The fourth-order valence-corrected chi connectivity index (χ4v) is 1.67. The van der Waals surface area contributed by atoms with E-state index in [0.29, 0.717) is 13.0 Å². The summed E-state index contributed by atoms with van der Waals surface area (Å²) in [6.45, 7) is 2.53. The summed E-state index contributed by atoms with van der Waals surface area (Å²) in [6, 6.07) is 0. The van der Waals surface area contributed by atoms with Gasteiger partial charge in [0, 0.05) is 6.42 Å². The fraction of sp³-hybridized carbons (Fsp3) is 0.900. The second-order valence-electron chi connectivity index (χ2n) is 4.39. The molecule has 1 aliphatic carbocycles. The summed E-state index contributed by atoms with van der Waals surface area (Å²) in [4.78, 5) is 11.5. The summed E-state index contributed by atoms with van der Waals surface area (Å²) >= 11 is 0. The van der Waals surface area contributed by atoms with E-state index in [-0.39, 0.29) is 24.0 Å². The van der Waals surface area contributed by atoms with Gasteiger partial charge in [-0.15, -0.1) is 0 Å². The molecule has 0 spiro atoms. The van der Waals surface area contributed by atoms with E-state index in [0.717, 1.165) is 19.3 Å². The highest BCUT2D eigenvalue weighted by Crippen LogP contribution is 2.31. The van der Waals surface area contributed by atoms with E-state index in [1.54, 1.807) is 0 Å². The summed E-state index contributed by atoms with van der Waals surface area (Å²) in [5.41, 5.74) is 5.12. The minimum absolute atomic E-state index is 0.0108.